The second-order valence-corrected chi connectivity index (χ2v) is 3.27. The molecule has 0 heterocycles. The molecule has 0 bridgehead atoms. The maximum Gasteiger partial charge on any atom is 0.141 e. The lowest BCUT2D eigenvalue weighted by atomic mass is 10.3. The van der Waals surface area contributed by atoms with Crippen LogP contribution in [0.15, 0.2) is 18.2 Å². The predicted octanol–water partition coefficient (Wildman–Crippen LogP) is 2.27. The maximum atomic E-state index is 12.7. The normalized spacial score (nSPS) is 12.6. The average molecular weight is 204 g/mol. The third-order valence-corrected chi connectivity index (χ3v) is 1.81. The predicted molar refractivity (Wildman–Crippen MR) is 51.6 cm³/mol. The van der Waals surface area contributed by atoms with Crippen LogP contribution in [0.25, 0.3) is 0 Å². The molecule has 0 aliphatic rings. The number of aliphatic hydroxyl groups is 1. The van der Waals surface area contributed by atoms with Gasteiger partial charge in [-0.05, 0) is 25.1 Å². The van der Waals surface area contributed by atoms with E-state index < -0.39 is 11.9 Å². The van der Waals surface area contributed by atoms with Crippen LogP contribution in [-0.2, 0) is 0 Å². The van der Waals surface area contributed by atoms with Crippen molar-refractivity contribution in [3.8, 4) is 0 Å². The van der Waals surface area contributed by atoms with Gasteiger partial charge in [0.2, 0.25) is 0 Å². The first-order chi connectivity index (χ1) is 6.09. The molecule has 1 atom stereocenters. The summed E-state index contributed by atoms with van der Waals surface area (Å²) in [7, 11) is 0. The van der Waals surface area contributed by atoms with Gasteiger partial charge in [0.15, 0.2) is 0 Å². The molecule has 72 valence electrons. The number of anilines is 1. The third kappa shape index (κ3) is 3.20. The van der Waals surface area contributed by atoms with E-state index >= 15 is 0 Å². The van der Waals surface area contributed by atoms with Crippen LogP contribution in [0.2, 0.25) is 5.02 Å². The van der Waals surface area contributed by atoms with Gasteiger partial charge in [-0.3, -0.25) is 0 Å². The molecule has 1 aromatic rings. The van der Waals surface area contributed by atoms with Gasteiger partial charge < -0.3 is 10.4 Å². The summed E-state index contributed by atoms with van der Waals surface area (Å²) in [5.41, 5.74) is 0.701. The Morgan fingerprint density at radius 3 is 2.85 bits per heavy atom. The summed E-state index contributed by atoms with van der Waals surface area (Å²) in [5.74, 6) is -0.440. The highest BCUT2D eigenvalue weighted by Crippen LogP contribution is 2.19. The van der Waals surface area contributed by atoms with Crippen LogP contribution in [0, 0.1) is 5.82 Å². The van der Waals surface area contributed by atoms with E-state index in [0.717, 1.165) is 0 Å². The number of rotatable bonds is 3. The topological polar surface area (TPSA) is 32.3 Å². The van der Waals surface area contributed by atoms with Crippen molar-refractivity contribution < 1.29 is 9.50 Å². The van der Waals surface area contributed by atoms with Gasteiger partial charge in [-0.15, -0.1) is 0 Å². The quantitative estimate of drug-likeness (QED) is 0.790. The van der Waals surface area contributed by atoms with Crippen molar-refractivity contribution in [3.63, 3.8) is 0 Å². The highest BCUT2D eigenvalue weighted by Gasteiger charge is 2.01. The van der Waals surface area contributed by atoms with Gasteiger partial charge in [-0.1, -0.05) is 11.6 Å². The number of nitrogens with one attached hydrogen (secondary N) is 1. The molecular weight excluding hydrogens is 193 g/mol. The average Bonchev–Trinajstić information content (AvgIpc) is 2.07. The van der Waals surface area contributed by atoms with E-state index in [1.54, 1.807) is 13.0 Å². The smallest absolute Gasteiger partial charge is 0.141 e. The third-order valence-electron chi connectivity index (χ3n) is 1.52. The van der Waals surface area contributed by atoms with Crippen LogP contribution in [0.3, 0.4) is 0 Å². The molecule has 0 amide bonds. The Hall–Kier alpha value is -0.800. The first-order valence-corrected chi connectivity index (χ1v) is 4.34. The van der Waals surface area contributed by atoms with Crippen molar-refractivity contribution in [3.05, 3.63) is 29.0 Å². The molecule has 4 heteroatoms. The Morgan fingerprint density at radius 1 is 1.62 bits per heavy atom. The molecule has 0 aliphatic heterocycles. The van der Waals surface area contributed by atoms with E-state index in [0.29, 0.717) is 12.2 Å². The molecule has 0 aromatic heterocycles. The van der Waals surface area contributed by atoms with Gasteiger partial charge in [0.05, 0.1) is 11.1 Å². The molecule has 13 heavy (non-hydrogen) atoms. The van der Waals surface area contributed by atoms with E-state index in [4.69, 9.17) is 16.7 Å². The van der Waals surface area contributed by atoms with Gasteiger partial charge in [0, 0.05) is 12.2 Å². The molecule has 0 fully saturated rings. The van der Waals surface area contributed by atoms with Crippen LogP contribution in [0.1, 0.15) is 6.92 Å². The minimum atomic E-state index is -0.441. The lowest BCUT2D eigenvalue weighted by Crippen LogP contribution is -2.15. The highest BCUT2D eigenvalue weighted by molar-refractivity contribution is 6.31. The van der Waals surface area contributed by atoms with Crippen LogP contribution < -0.4 is 5.32 Å². The molecule has 0 radical (unpaired) electrons. The Labute approximate surface area is 81.3 Å². The minimum absolute atomic E-state index is 0.0793. The summed E-state index contributed by atoms with van der Waals surface area (Å²) in [5, 5.41) is 12.0. The van der Waals surface area contributed by atoms with Crippen molar-refractivity contribution >= 4 is 17.3 Å². The monoisotopic (exact) mass is 203 g/mol. The second-order valence-electron chi connectivity index (χ2n) is 2.86. The molecule has 2 N–H and O–H groups in total. The van der Waals surface area contributed by atoms with Crippen molar-refractivity contribution in [1.29, 1.82) is 0 Å². The lowest BCUT2D eigenvalue weighted by Gasteiger charge is -2.08. The van der Waals surface area contributed by atoms with E-state index in [2.05, 4.69) is 5.32 Å². The summed E-state index contributed by atoms with van der Waals surface area (Å²) in [6, 6.07) is 4.34. The molecular formula is C9H11ClFNO. The summed E-state index contributed by atoms with van der Waals surface area (Å²) < 4.78 is 12.7. The highest BCUT2D eigenvalue weighted by atomic mass is 35.5. The first kappa shape index (κ1) is 10.3. The fourth-order valence-corrected chi connectivity index (χ4v) is 1.05. The van der Waals surface area contributed by atoms with Gasteiger partial charge in [0.25, 0.3) is 0 Å². The lowest BCUT2D eigenvalue weighted by molar-refractivity contribution is 0.208. The summed E-state index contributed by atoms with van der Waals surface area (Å²) in [6.07, 6.45) is -0.441. The zero-order chi connectivity index (χ0) is 9.84. The summed E-state index contributed by atoms with van der Waals surface area (Å²) >= 11 is 5.55. The van der Waals surface area contributed by atoms with Gasteiger partial charge in [0.1, 0.15) is 5.82 Å². The Morgan fingerprint density at radius 2 is 2.31 bits per heavy atom. The van der Waals surface area contributed by atoms with Crippen LogP contribution >= 0.6 is 11.6 Å². The molecule has 0 saturated heterocycles. The van der Waals surface area contributed by atoms with E-state index in [1.165, 1.54) is 12.1 Å². The summed E-state index contributed by atoms with van der Waals surface area (Å²) in [6.45, 7) is 2.08. The number of benzene rings is 1. The largest absolute Gasteiger partial charge is 0.392 e. The zero-order valence-corrected chi connectivity index (χ0v) is 7.98. The second kappa shape index (κ2) is 4.44. The number of halogens is 2. The molecule has 0 spiro atoms. The molecule has 1 aromatic carbocycles. The van der Waals surface area contributed by atoms with Crippen molar-refractivity contribution in [1.82, 2.24) is 0 Å². The van der Waals surface area contributed by atoms with Gasteiger partial charge in [-0.25, -0.2) is 4.39 Å². The molecule has 0 aliphatic carbocycles. The molecule has 0 unspecified atom stereocenters. The fourth-order valence-electron chi connectivity index (χ4n) is 0.872. The Kier molecular flexibility index (Phi) is 3.51. The first-order valence-electron chi connectivity index (χ1n) is 3.96. The molecule has 2 nitrogen and oxygen atoms in total. The van der Waals surface area contributed by atoms with Crippen molar-refractivity contribution in [2.24, 2.45) is 0 Å². The number of hydrogen-bond donors (Lipinski definition) is 2. The number of hydrogen-bond acceptors (Lipinski definition) is 2. The standard InChI is InChI=1S/C9H11ClFNO/c1-6(13)5-12-7-2-3-9(11)8(10)4-7/h2-4,6,12-13H,5H2,1H3/t6-/m0/s1. The Bertz CT molecular complexity index is 291. The van der Waals surface area contributed by atoms with E-state index in [1.807, 2.05) is 0 Å². The maximum absolute atomic E-state index is 12.7. The minimum Gasteiger partial charge on any atom is -0.392 e. The van der Waals surface area contributed by atoms with Crippen molar-refractivity contribution in [2.75, 3.05) is 11.9 Å². The van der Waals surface area contributed by atoms with Gasteiger partial charge >= 0.3 is 0 Å². The molecule has 1 rings (SSSR count). The van der Waals surface area contributed by atoms with Gasteiger partial charge in [-0.2, -0.15) is 0 Å². The summed E-state index contributed by atoms with van der Waals surface area (Å²) in [4.78, 5) is 0. The Balaban J connectivity index is 2.63. The van der Waals surface area contributed by atoms with Crippen LogP contribution in [0.5, 0.6) is 0 Å². The van der Waals surface area contributed by atoms with Crippen molar-refractivity contribution in [2.45, 2.75) is 13.0 Å². The van der Waals surface area contributed by atoms with Crippen LogP contribution in [0.4, 0.5) is 10.1 Å². The SMILES string of the molecule is C[C@H](O)CNc1ccc(F)c(Cl)c1. The van der Waals surface area contributed by atoms with E-state index in [9.17, 15) is 4.39 Å². The fraction of sp³-hybridized carbons (Fsp3) is 0.333. The van der Waals surface area contributed by atoms with E-state index in [-0.39, 0.29) is 5.02 Å². The molecule has 0 saturated carbocycles. The number of aliphatic hydroxyl groups excluding tert-OH is 1. The zero-order valence-electron chi connectivity index (χ0n) is 7.22. The van der Waals surface area contributed by atoms with Crippen LogP contribution in [-0.4, -0.2) is 17.8 Å².